The van der Waals surface area contributed by atoms with Crippen LogP contribution in [0.1, 0.15) is 22.7 Å². The van der Waals surface area contributed by atoms with Gasteiger partial charge in [-0.25, -0.2) is 0 Å². The minimum Gasteiger partial charge on any atom is -1.00 e. The Bertz CT molecular complexity index is 867. The molecule has 132 valence electrons. The third-order valence-corrected chi connectivity index (χ3v) is 5.64. The normalized spacial score (nSPS) is 21.8. The zero-order chi connectivity index (χ0) is 16.4. The lowest BCUT2D eigenvalue weighted by Gasteiger charge is -2.37. The molecule has 5 nitrogen and oxygen atoms in total. The van der Waals surface area contributed by atoms with Gasteiger partial charge in [0.1, 0.15) is 6.04 Å². The quantitative estimate of drug-likeness (QED) is 0.647. The maximum atomic E-state index is 10.8. The van der Waals surface area contributed by atoms with E-state index < -0.39 is 0 Å². The molecule has 2 atom stereocenters. The topological polar surface area (TPSA) is 52.4 Å². The summed E-state index contributed by atoms with van der Waals surface area (Å²) in [4.78, 5) is 1.50. The van der Waals surface area contributed by atoms with Crippen molar-refractivity contribution in [3.8, 4) is 34.1 Å². The highest BCUT2D eigenvalue weighted by atomic mass is 35.5. The summed E-state index contributed by atoms with van der Waals surface area (Å²) in [6.07, 6.45) is 1.93. The molecule has 0 aromatic heterocycles. The number of methoxy groups -OCH3 is 1. The molecule has 2 N–H and O–H groups in total. The van der Waals surface area contributed by atoms with Crippen LogP contribution < -0.4 is 31.5 Å². The van der Waals surface area contributed by atoms with Gasteiger partial charge in [-0.1, -0.05) is 6.07 Å². The number of rotatable bonds is 1. The van der Waals surface area contributed by atoms with E-state index in [1.165, 1.54) is 16.0 Å². The van der Waals surface area contributed by atoms with Crippen LogP contribution in [0.15, 0.2) is 18.2 Å². The van der Waals surface area contributed by atoms with Gasteiger partial charge < -0.3 is 36.6 Å². The number of hydrogen-bond acceptors (Lipinski definition) is 4. The van der Waals surface area contributed by atoms with E-state index in [1.54, 1.807) is 7.11 Å². The van der Waals surface area contributed by atoms with Crippen LogP contribution in [0.2, 0.25) is 0 Å². The highest BCUT2D eigenvalue weighted by Crippen LogP contribution is 2.55. The molecule has 0 radical (unpaired) electrons. The van der Waals surface area contributed by atoms with Crippen molar-refractivity contribution in [3.63, 3.8) is 0 Å². The lowest BCUT2D eigenvalue weighted by atomic mass is 9.76. The Balaban J connectivity index is 0.00000157. The molecule has 2 aromatic carbocycles. The molecule has 3 aliphatic rings. The molecular weight excluding hydrogens is 342 g/mol. The van der Waals surface area contributed by atoms with Crippen molar-refractivity contribution < 1.29 is 36.6 Å². The lowest BCUT2D eigenvalue weighted by Crippen LogP contribution is -3.10. The Morgan fingerprint density at radius 2 is 2.04 bits per heavy atom. The summed E-state index contributed by atoms with van der Waals surface area (Å²) in [6.45, 7) is 1.34. The smallest absolute Gasteiger partial charge is 0.231 e. The zero-order valence-electron chi connectivity index (χ0n) is 14.2. The van der Waals surface area contributed by atoms with Crippen molar-refractivity contribution in [2.45, 2.75) is 18.9 Å². The number of aromatic hydroxyl groups is 1. The monoisotopic (exact) mass is 361 g/mol. The Kier molecular flexibility index (Phi) is 3.74. The highest BCUT2D eigenvalue weighted by Gasteiger charge is 2.41. The molecule has 0 bridgehead atoms. The summed E-state index contributed by atoms with van der Waals surface area (Å²) in [6, 6.07) is 6.42. The summed E-state index contributed by atoms with van der Waals surface area (Å²) in [5, 5.41) is 10.8. The Hall–Kier alpha value is -2.11. The van der Waals surface area contributed by atoms with Crippen LogP contribution in [0.25, 0.3) is 11.1 Å². The first-order chi connectivity index (χ1) is 11.7. The van der Waals surface area contributed by atoms with Crippen molar-refractivity contribution in [1.29, 1.82) is 0 Å². The minimum atomic E-state index is 0. The molecular formula is C19H20ClNO4. The number of fused-ring (bicyclic) bond motifs is 4. The van der Waals surface area contributed by atoms with Gasteiger partial charge in [-0.05, 0) is 23.3 Å². The van der Waals surface area contributed by atoms with E-state index >= 15 is 0 Å². The van der Waals surface area contributed by atoms with Gasteiger partial charge in [0.25, 0.3) is 0 Å². The summed E-state index contributed by atoms with van der Waals surface area (Å²) in [5.41, 5.74) is 5.61. The second-order valence-corrected chi connectivity index (χ2v) is 6.81. The fraction of sp³-hybridized carbons (Fsp3) is 0.368. The molecule has 0 saturated heterocycles. The molecule has 0 fully saturated rings. The van der Waals surface area contributed by atoms with Crippen LogP contribution >= 0.6 is 0 Å². The number of halogens is 1. The Morgan fingerprint density at radius 1 is 1.20 bits per heavy atom. The fourth-order valence-electron chi connectivity index (χ4n) is 4.44. The van der Waals surface area contributed by atoms with Gasteiger partial charge >= 0.3 is 0 Å². The SMILES string of the molecule is COc1ccc2c(c1O)-c1c3c(cc4c1[C@H](C2)[NH+](C)CC4)OCO3.[Cl-]. The number of benzene rings is 2. The van der Waals surface area contributed by atoms with Crippen LogP contribution in [0.4, 0.5) is 0 Å². The number of ether oxygens (including phenoxy) is 3. The molecule has 5 rings (SSSR count). The number of likely N-dealkylation sites (N-methyl/N-ethyl adjacent to an activating group) is 1. The summed E-state index contributed by atoms with van der Waals surface area (Å²) in [5.74, 6) is 2.24. The number of nitrogens with one attached hydrogen (secondary N) is 1. The van der Waals surface area contributed by atoms with Gasteiger partial charge in [0.2, 0.25) is 6.79 Å². The molecule has 0 saturated carbocycles. The van der Waals surface area contributed by atoms with Crippen LogP contribution in [-0.4, -0.2) is 32.6 Å². The Morgan fingerprint density at radius 3 is 2.84 bits per heavy atom. The molecule has 2 heterocycles. The largest absolute Gasteiger partial charge is 1.00 e. The number of hydrogen-bond donors (Lipinski definition) is 2. The Labute approximate surface area is 152 Å². The van der Waals surface area contributed by atoms with Crippen LogP contribution in [0, 0.1) is 0 Å². The predicted octanol–water partition coefficient (Wildman–Crippen LogP) is -1.53. The van der Waals surface area contributed by atoms with Gasteiger partial charge in [0.15, 0.2) is 23.0 Å². The van der Waals surface area contributed by atoms with Gasteiger partial charge in [0.05, 0.1) is 20.7 Å². The first-order valence-electron chi connectivity index (χ1n) is 8.36. The van der Waals surface area contributed by atoms with E-state index in [1.807, 2.05) is 6.07 Å². The number of phenols is 1. The summed E-state index contributed by atoms with van der Waals surface area (Å²) in [7, 11) is 3.83. The van der Waals surface area contributed by atoms with Crippen LogP contribution in [0.3, 0.4) is 0 Å². The van der Waals surface area contributed by atoms with E-state index in [-0.39, 0.29) is 24.9 Å². The molecule has 2 aliphatic heterocycles. The molecule has 0 spiro atoms. The molecule has 0 amide bonds. The molecule has 25 heavy (non-hydrogen) atoms. The predicted molar refractivity (Wildman–Crippen MR) is 88.1 cm³/mol. The first-order valence-corrected chi connectivity index (χ1v) is 8.36. The van der Waals surface area contributed by atoms with E-state index in [4.69, 9.17) is 14.2 Å². The van der Waals surface area contributed by atoms with Crippen molar-refractivity contribution in [1.82, 2.24) is 0 Å². The number of quaternary nitrogens is 1. The lowest BCUT2D eigenvalue weighted by molar-refractivity contribution is -0.914. The van der Waals surface area contributed by atoms with Crippen molar-refractivity contribution >= 4 is 0 Å². The van der Waals surface area contributed by atoms with Gasteiger partial charge in [0, 0.05) is 29.5 Å². The van der Waals surface area contributed by atoms with E-state index in [2.05, 4.69) is 19.2 Å². The van der Waals surface area contributed by atoms with Gasteiger partial charge in [-0.2, -0.15) is 0 Å². The third-order valence-electron chi connectivity index (χ3n) is 5.64. The maximum Gasteiger partial charge on any atom is 0.231 e. The maximum absolute atomic E-state index is 10.8. The third kappa shape index (κ3) is 2.12. The molecule has 2 aromatic rings. The second kappa shape index (κ2) is 5.71. The van der Waals surface area contributed by atoms with Crippen LogP contribution in [-0.2, 0) is 12.8 Å². The number of phenolic OH excluding ortho intramolecular Hbond substituents is 1. The average molecular weight is 362 g/mol. The van der Waals surface area contributed by atoms with E-state index in [9.17, 15) is 5.11 Å². The second-order valence-electron chi connectivity index (χ2n) is 6.81. The average Bonchev–Trinajstić information content (AvgIpc) is 3.06. The van der Waals surface area contributed by atoms with Crippen molar-refractivity contribution in [2.75, 3.05) is 27.5 Å². The standard InChI is InChI=1S/C19H19NO4.ClH/c1-20-6-5-11-8-14-19(24-9-23-14)17-15(11)12(20)7-10-3-4-13(22-2)18(21)16(10)17;/h3-4,8,12,21H,5-7,9H2,1-2H3;1H/t12-;/m0./s1. The molecule has 6 heteroatoms. The summed E-state index contributed by atoms with van der Waals surface area (Å²) >= 11 is 0. The molecule has 1 unspecified atom stereocenters. The minimum absolute atomic E-state index is 0. The fourth-order valence-corrected chi connectivity index (χ4v) is 4.44. The first kappa shape index (κ1) is 16.4. The van der Waals surface area contributed by atoms with Crippen molar-refractivity contribution in [3.05, 3.63) is 34.9 Å². The van der Waals surface area contributed by atoms with Crippen LogP contribution in [0.5, 0.6) is 23.0 Å². The van der Waals surface area contributed by atoms with E-state index in [0.717, 1.165) is 47.6 Å². The zero-order valence-corrected chi connectivity index (χ0v) is 14.9. The highest BCUT2D eigenvalue weighted by molar-refractivity contribution is 5.88. The summed E-state index contributed by atoms with van der Waals surface area (Å²) < 4.78 is 16.8. The molecule has 1 aliphatic carbocycles. The van der Waals surface area contributed by atoms with Gasteiger partial charge in [-0.15, -0.1) is 0 Å². The van der Waals surface area contributed by atoms with Gasteiger partial charge in [-0.3, -0.25) is 0 Å². The van der Waals surface area contributed by atoms with E-state index in [0.29, 0.717) is 11.8 Å². The van der Waals surface area contributed by atoms with Crippen molar-refractivity contribution in [2.24, 2.45) is 0 Å².